The van der Waals surface area contributed by atoms with Gasteiger partial charge in [-0.1, -0.05) is 17.7 Å². The summed E-state index contributed by atoms with van der Waals surface area (Å²) in [7, 11) is 1.44. The molecule has 4 aliphatic rings. The lowest BCUT2D eigenvalue weighted by Gasteiger charge is -2.42. The van der Waals surface area contributed by atoms with E-state index >= 15 is 0 Å². The summed E-state index contributed by atoms with van der Waals surface area (Å²) in [4.78, 5) is 53.7. The summed E-state index contributed by atoms with van der Waals surface area (Å²) in [5, 5.41) is 10.1. The van der Waals surface area contributed by atoms with Crippen molar-refractivity contribution in [3.63, 3.8) is 0 Å². The Bertz CT molecular complexity index is 1230. The maximum atomic E-state index is 13.2. The number of rotatable bonds is 3. The summed E-state index contributed by atoms with van der Waals surface area (Å²) in [5.41, 5.74) is 2.32. The Morgan fingerprint density at radius 1 is 1.15 bits per heavy atom. The molecule has 1 saturated heterocycles. The molecule has 170 valence electrons. The lowest BCUT2D eigenvalue weighted by molar-refractivity contribution is -0.139. The van der Waals surface area contributed by atoms with Gasteiger partial charge < -0.3 is 9.84 Å². The van der Waals surface area contributed by atoms with Crippen LogP contribution in [-0.4, -0.2) is 47.0 Å². The van der Waals surface area contributed by atoms with Crippen molar-refractivity contribution in [2.45, 2.75) is 25.7 Å². The lowest BCUT2D eigenvalue weighted by atomic mass is 9.59. The molecule has 4 atom stereocenters. The number of hydrogen-bond donors (Lipinski definition) is 1. The van der Waals surface area contributed by atoms with Gasteiger partial charge in [0.15, 0.2) is 23.1 Å². The highest BCUT2D eigenvalue weighted by molar-refractivity contribution is 9.12. The first-order valence-corrected chi connectivity index (χ1v) is 11.7. The average Bonchev–Trinajstić information content (AvgIpc) is 3.06. The summed E-state index contributed by atoms with van der Waals surface area (Å²) in [6.07, 6.45) is 3.90. The molecule has 2 amide bonds. The van der Waals surface area contributed by atoms with Gasteiger partial charge in [0.25, 0.3) is 0 Å². The highest BCUT2D eigenvalue weighted by atomic mass is 79.9. The first-order valence-electron chi connectivity index (χ1n) is 10.9. The second-order valence-electron chi connectivity index (χ2n) is 8.75. The molecule has 0 saturated carbocycles. The SMILES string of the molecule is CCN1C(=O)C2CC=C3C(c4ccc(O)c(OC)c4)C4=C(CC3C2C1=O)C(=O)C(Br)=CC4=O. The molecule has 0 aromatic heterocycles. The number of ether oxygens (including phenoxy) is 1. The van der Waals surface area contributed by atoms with Crippen LogP contribution in [0.3, 0.4) is 0 Å². The zero-order chi connectivity index (χ0) is 23.6. The predicted molar refractivity (Wildman–Crippen MR) is 122 cm³/mol. The second-order valence-corrected chi connectivity index (χ2v) is 9.60. The predicted octanol–water partition coefficient (Wildman–Crippen LogP) is 3.18. The summed E-state index contributed by atoms with van der Waals surface area (Å²) in [6.45, 7) is 2.09. The molecule has 1 aliphatic heterocycles. The Kier molecular flexibility index (Phi) is 5.16. The second kappa shape index (κ2) is 7.80. The number of carbonyl (C=O) groups is 4. The number of halogens is 1. The number of allylic oxidation sites excluding steroid dienone is 6. The Morgan fingerprint density at radius 3 is 2.61 bits per heavy atom. The molecule has 7 nitrogen and oxygen atoms in total. The minimum Gasteiger partial charge on any atom is -0.504 e. The van der Waals surface area contributed by atoms with E-state index in [4.69, 9.17) is 4.74 Å². The van der Waals surface area contributed by atoms with Gasteiger partial charge in [0, 0.05) is 29.7 Å². The van der Waals surface area contributed by atoms with Crippen molar-refractivity contribution in [1.29, 1.82) is 0 Å². The molecule has 8 heteroatoms. The average molecular weight is 512 g/mol. The van der Waals surface area contributed by atoms with E-state index in [0.29, 0.717) is 29.7 Å². The van der Waals surface area contributed by atoms with E-state index < -0.39 is 17.8 Å². The van der Waals surface area contributed by atoms with Gasteiger partial charge in [-0.05, 0) is 59.3 Å². The number of fused-ring (bicyclic) bond motifs is 3. The largest absolute Gasteiger partial charge is 0.504 e. The van der Waals surface area contributed by atoms with Crippen molar-refractivity contribution in [1.82, 2.24) is 4.90 Å². The van der Waals surface area contributed by atoms with Gasteiger partial charge in [-0.3, -0.25) is 24.1 Å². The number of phenolic OH excluding ortho intramolecular Hbond substituents is 1. The van der Waals surface area contributed by atoms with Crippen LogP contribution in [0.2, 0.25) is 0 Å². The molecule has 0 bridgehead atoms. The molecule has 5 rings (SSSR count). The maximum Gasteiger partial charge on any atom is 0.233 e. The van der Waals surface area contributed by atoms with Crippen molar-refractivity contribution in [3.05, 3.63) is 57.1 Å². The number of hydrogen-bond acceptors (Lipinski definition) is 6. The third kappa shape index (κ3) is 3.07. The zero-order valence-electron chi connectivity index (χ0n) is 18.1. The van der Waals surface area contributed by atoms with Gasteiger partial charge in [-0.25, -0.2) is 0 Å². The zero-order valence-corrected chi connectivity index (χ0v) is 19.7. The van der Waals surface area contributed by atoms with Gasteiger partial charge in [-0.2, -0.15) is 0 Å². The number of carbonyl (C=O) groups excluding carboxylic acids is 4. The number of benzene rings is 1. The van der Waals surface area contributed by atoms with E-state index in [1.54, 1.807) is 19.1 Å². The van der Waals surface area contributed by atoms with Crippen LogP contribution in [-0.2, 0) is 19.2 Å². The van der Waals surface area contributed by atoms with Crippen LogP contribution < -0.4 is 4.74 Å². The number of aromatic hydroxyl groups is 1. The number of likely N-dealkylation sites (tertiary alicyclic amines) is 1. The Hall–Kier alpha value is -3.00. The van der Waals surface area contributed by atoms with Crippen LogP contribution in [0.5, 0.6) is 11.5 Å². The minimum atomic E-state index is -0.568. The first kappa shape index (κ1) is 21.8. The molecule has 3 aliphatic carbocycles. The highest BCUT2D eigenvalue weighted by Crippen LogP contribution is 2.55. The number of imide groups is 1. The standard InChI is InChI=1S/C25H22BrNO6/c1-3-27-24(31)13-6-5-12-14(21(13)25(27)32)9-15-22(18(29)10-16(26)23(15)30)20(12)11-4-7-17(28)19(8-11)33-2/h4-5,7-8,10,13-14,20-21,28H,3,6,9H2,1-2H3. The third-order valence-electron chi connectivity index (χ3n) is 7.28. The molecule has 1 fully saturated rings. The number of nitrogens with zero attached hydrogens (tertiary/aromatic N) is 1. The van der Waals surface area contributed by atoms with Crippen LogP contribution in [0.15, 0.2) is 51.6 Å². The number of Topliss-reactive ketones (excluding diaryl/α,β-unsaturated/α-hetero) is 1. The van der Waals surface area contributed by atoms with Crippen LogP contribution >= 0.6 is 15.9 Å². The molecule has 0 radical (unpaired) electrons. The molecule has 1 aromatic carbocycles. The van der Waals surface area contributed by atoms with Gasteiger partial charge in [0.2, 0.25) is 11.8 Å². The third-order valence-corrected chi connectivity index (χ3v) is 7.86. The number of phenols is 1. The Labute approximate surface area is 198 Å². The van der Waals surface area contributed by atoms with Crippen LogP contribution in [0.1, 0.15) is 31.2 Å². The molecule has 1 aromatic rings. The first-order chi connectivity index (χ1) is 15.8. The summed E-state index contributed by atoms with van der Waals surface area (Å²) < 4.78 is 5.47. The maximum absolute atomic E-state index is 13.2. The summed E-state index contributed by atoms with van der Waals surface area (Å²) in [6, 6.07) is 4.85. The van der Waals surface area contributed by atoms with Gasteiger partial charge in [-0.15, -0.1) is 0 Å². The number of amides is 2. The highest BCUT2D eigenvalue weighted by Gasteiger charge is 2.55. The van der Waals surface area contributed by atoms with E-state index in [0.717, 1.165) is 5.57 Å². The lowest BCUT2D eigenvalue weighted by Crippen LogP contribution is -2.39. The summed E-state index contributed by atoms with van der Waals surface area (Å²) >= 11 is 3.21. The molecule has 33 heavy (non-hydrogen) atoms. The fourth-order valence-electron chi connectivity index (χ4n) is 5.84. The van der Waals surface area contributed by atoms with E-state index in [9.17, 15) is 24.3 Å². The normalized spacial score (nSPS) is 28.9. The Balaban J connectivity index is 1.71. The van der Waals surface area contributed by atoms with E-state index in [1.165, 1.54) is 24.2 Å². The van der Waals surface area contributed by atoms with E-state index in [2.05, 4.69) is 15.9 Å². The molecule has 1 N–H and O–H groups in total. The minimum absolute atomic E-state index is 0.0376. The number of ketones is 2. The molecular weight excluding hydrogens is 490 g/mol. The Morgan fingerprint density at radius 2 is 1.91 bits per heavy atom. The number of methoxy groups -OCH3 is 1. The van der Waals surface area contributed by atoms with Crippen molar-refractivity contribution in [2.24, 2.45) is 17.8 Å². The molecular formula is C25H22BrNO6. The van der Waals surface area contributed by atoms with Crippen LogP contribution in [0.4, 0.5) is 0 Å². The van der Waals surface area contributed by atoms with Crippen molar-refractivity contribution in [3.8, 4) is 11.5 Å². The molecule has 0 spiro atoms. The van der Waals surface area contributed by atoms with Crippen LogP contribution in [0, 0.1) is 17.8 Å². The quantitative estimate of drug-likeness (QED) is 0.380. The van der Waals surface area contributed by atoms with E-state index in [-0.39, 0.29) is 51.7 Å². The van der Waals surface area contributed by atoms with Gasteiger partial charge >= 0.3 is 0 Å². The van der Waals surface area contributed by atoms with E-state index in [1.807, 2.05) is 6.08 Å². The molecule has 1 heterocycles. The topological polar surface area (TPSA) is 101 Å². The molecule has 4 unspecified atom stereocenters. The van der Waals surface area contributed by atoms with Gasteiger partial charge in [0.1, 0.15) is 0 Å². The van der Waals surface area contributed by atoms with Crippen molar-refractivity contribution >= 4 is 39.3 Å². The van der Waals surface area contributed by atoms with Crippen LogP contribution in [0.25, 0.3) is 0 Å². The summed E-state index contributed by atoms with van der Waals surface area (Å²) in [5.74, 6) is -2.64. The van der Waals surface area contributed by atoms with Gasteiger partial charge in [0.05, 0.1) is 23.4 Å². The fraction of sp³-hybridized carbons (Fsp3) is 0.360. The smallest absolute Gasteiger partial charge is 0.233 e. The van der Waals surface area contributed by atoms with Crippen molar-refractivity contribution < 1.29 is 29.0 Å². The fourth-order valence-corrected chi connectivity index (χ4v) is 6.28. The monoisotopic (exact) mass is 511 g/mol. The van der Waals surface area contributed by atoms with Crippen molar-refractivity contribution in [2.75, 3.05) is 13.7 Å².